The van der Waals surface area contributed by atoms with Crippen LogP contribution in [0.5, 0.6) is 0 Å². The minimum atomic E-state index is -0.0954. The molecule has 3 rings (SSSR count). The van der Waals surface area contributed by atoms with Gasteiger partial charge in [0, 0.05) is 12.2 Å². The number of carbonyl (C=O) groups is 1. The maximum atomic E-state index is 12.0. The van der Waals surface area contributed by atoms with E-state index in [-0.39, 0.29) is 11.9 Å². The van der Waals surface area contributed by atoms with E-state index in [1.165, 1.54) is 16.9 Å². The van der Waals surface area contributed by atoms with Crippen LogP contribution in [-0.4, -0.2) is 40.3 Å². The number of piperidine rings is 1. The number of nitrogens with zero attached hydrogens (tertiary/aromatic N) is 3. The Balaban J connectivity index is 1.62. The highest BCUT2D eigenvalue weighted by atomic mass is 32.1. The molecule has 0 amide bonds. The van der Waals surface area contributed by atoms with Gasteiger partial charge in [-0.3, -0.25) is 9.69 Å². The van der Waals surface area contributed by atoms with Crippen molar-refractivity contribution in [1.82, 2.24) is 14.7 Å². The van der Waals surface area contributed by atoms with E-state index in [2.05, 4.69) is 46.5 Å². The van der Waals surface area contributed by atoms with E-state index in [4.69, 9.17) is 17.0 Å². The molecule has 6 nitrogen and oxygen atoms in total. The first-order chi connectivity index (χ1) is 13.1. The number of aryl methyl sites for hydroxylation is 1. The molecule has 0 unspecified atom stereocenters. The van der Waals surface area contributed by atoms with E-state index in [1.807, 2.05) is 11.6 Å². The smallest absolute Gasteiger partial charge is 0.310 e. The molecule has 1 aliphatic heterocycles. The number of nitrogens with one attached hydrogen (secondary N) is 1. The standard InChI is InChI=1S/C19H26N4O2S2/c1-3-14-7-9-16(10-8-14)20-18-21-23(19(26)27-18)13-22-11-5-6-15(12-22)17(24)25-4-2/h7-10,15H,3-6,11-13H2,1-2H3,(H,20,21)/t15-/m1/s1. The summed E-state index contributed by atoms with van der Waals surface area (Å²) in [4.78, 5) is 14.2. The van der Waals surface area contributed by atoms with Crippen molar-refractivity contribution in [2.45, 2.75) is 39.8 Å². The summed E-state index contributed by atoms with van der Waals surface area (Å²) < 4.78 is 7.73. The fourth-order valence-electron chi connectivity index (χ4n) is 3.22. The van der Waals surface area contributed by atoms with Gasteiger partial charge in [-0.25, -0.2) is 4.68 Å². The molecule has 0 aliphatic carbocycles. The van der Waals surface area contributed by atoms with Crippen LogP contribution >= 0.6 is 23.6 Å². The number of ether oxygens (including phenoxy) is 1. The number of benzene rings is 1. The molecule has 27 heavy (non-hydrogen) atoms. The second-order valence-electron chi connectivity index (χ2n) is 6.66. The molecule has 2 heterocycles. The van der Waals surface area contributed by atoms with Crippen LogP contribution in [0.4, 0.5) is 10.8 Å². The van der Waals surface area contributed by atoms with Crippen molar-refractivity contribution in [1.29, 1.82) is 0 Å². The minimum Gasteiger partial charge on any atom is -0.466 e. The average molecular weight is 407 g/mol. The first-order valence-electron chi connectivity index (χ1n) is 9.42. The number of likely N-dealkylation sites (tertiary alicyclic amines) is 1. The molecule has 2 aromatic rings. The van der Waals surface area contributed by atoms with Gasteiger partial charge in [0.05, 0.1) is 19.2 Å². The SMILES string of the molecule is CCOC(=O)[C@@H]1CCCN(Cn2nc(Nc3ccc(CC)cc3)sc2=S)C1. The minimum absolute atomic E-state index is 0.0545. The number of anilines is 2. The van der Waals surface area contributed by atoms with Gasteiger partial charge in [0.15, 0.2) is 3.95 Å². The Kier molecular flexibility index (Phi) is 6.98. The molecular weight excluding hydrogens is 380 g/mol. The Hall–Kier alpha value is -1.77. The molecule has 1 N–H and O–H groups in total. The Bertz CT molecular complexity index is 816. The number of rotatable bonds is 7. The lowest BCUT2D eigenvalue weighted by atomic mass is 9.99. The normalized spacial score (nSPS) is 17.6. The quantitative estimate of drug-likeness (QED) is 0.549. The van der Waals surface area contributed by atoms with Crippen molar-refractivity contribution in [3.05, 3.63) is 33.8 Å². The summed E-state index contributed by atoms with van der Waals surface area (Å²) in [5, 5.41) is 8.72. The number of hydrogen-bond acceptors (Lipinski definition) is 7. The van der Waals surface area contributed by atoms with E-state index in [0.29, 0.717) is 19.8 Å². The molecule has 1 aromatic carbocycles. The molecule has 1 aliphatic rings. The van der Waals surface area contributed by atoms with Crippen LogP contribution in [0, 0.1) is 9.87 Å². The monoisotopic (exact) mass is 406 g/mol. The zero-order valence-electron chi connectivity index (χ0n) is 15.8. The third-order valence-corrected chi connectivity index (χ3v) is 5.90. The maximum Gasteiger partial charge on any atom is 0.310 e. The molecule has 0 radical (unpaired) electrons. The highest BCUT2D eigenvalue weighted by molar-refractivity contribution is 7.73. The number of aromatic nitrogens is 2. The van der Waals surface area contributed by atoms with Crippen LogP contribution < -0.4 is 5.32 Å². The van der Waals surface area contributed by atoms with Crippen LogP contribution in [0.1, 0.15) is 32.3 Å². The summed E-state index contributed by atoms with van der Waals surface area (Å²) in [6.07, 6.45) is 2.89. The predicted molar refractivity (Wildman–Crippen MR) is 111 cm³/mol. The predicted octanol–water partition coefficient (Wildman–Crippen LogP) is 4.21. The van der Waals surface area contributed by atoms with Crippen LogP contribution in [0.2, 0.25) is 0 Å². The molecule has 1 aromatic heterocycles. The third-order valence-electron chi connectivity index (χ3n) is 4.68. The zero-order valence-corrected chi connectivity index (χ0v) is 17.4. The molecule has 1 fully saturated rings. The summed E-state index contributed by atoms with van der Waals surface area (Å²) >= 11 is 6.94. The van der Waals surface area contributed by atoms with E-state index < -0.39 is 0 Å². The first-order valence-corrected chi connectivity index (χ1v) is 10.6. The van der Waals surface area contributed by atoms with Crippen molar-refractivity contribution >= 4 is 40.3 Å². The van der Waals surface area contributed by atoms with E-state index in [1.54, 1.807) is 0 Å². The first kappa shape index (κ1) is 20.0. The third kappa shape index (κ3) is 5.37. The number of hydrogen-bond donors (Lipinski definition) is 1. The Labute approximate surface area is 169 Å². The lowest BCUT2D eigenvalue weighted by molar-refractivity contribution is -0.150. The molecular formula is C19H26N4O2S2. The van der Waals surface area contributed by atoms with Crippen molar-refractivity contribution in [2.75, 3.05) is 25.0 Å². The summed E-state index contributed by atoms with van der Waals surface area (Å²) in [5.74, 6) is -0.150. The van der Waals surface area contributed by atoms with Crippen LogP contribution in [0.15, 0.2) is 24.3 Å². The molecule has 1 saturated heterocycles. The topological polar surface area (TPSA) is 59.4 Å². The second-order valence-corrected chi connectivity index (χ2v) is 8.28. The summed E-state index contributed by atoms with van der Waals surface area (Å²) in [5.41, 5.74) is 2.31. The van der Waals surface area contributed by atoms with Crippen molar-refractivity contribution < 1.29 is 9.53 Å². The molecule has 0 spiro atoms. The molecule has 1 atom stereocenters. The lowest BCUT2D eigenvalue weighted by Crippen LogP contribution is -2.40. The highest BCUT2D eigenvalue weighted by Gasteiger charge is 2.27. The Morgan fingerprint density at radius 2 is 2.15 bits per heavy atom. The van der Waals surface area contributed by atoms with Gasteiger partial charge >= 0.3 is 5.97 Å². The molecule has 8 heteroatoms. The van der Waals surface area contributed by atoms with Gasteiger partial charge in [-0.2, -0.15) is 0 Å². The van der Waals surface area contributed by atoms with Crippen LogP contribution in [0.3, 0.4) is 0 Å². The number of carbonyl (C=O) groups excluding carboxylic acids is 1. The van der Waals surface area contributed by atoms with Gasteiger partial charge in [-0.15, -0.1) is 5.10 Å². The van der Waals surface area contributed by atoms with E-state index in [9.17, 15) is 4.79 Å². The van der Waals surface area contributed by atoms with Gasteiger partial charge in [0.1, 0.15) is 0 Å². The lowest BCUT2D eigenvalue weighted by Gasteiger charge is -2.31. The van der Waals surface area contributed by atoms with E-state index in [0.717, 1.165) is 40.6 Å². The van der Waals surface area contributed by atoms with Gasteiger partial charge in [0.25, 0.3) is 0 Å². The Morgan fingerprint density at radius 1 is 1.37 bits per heavy atom. The van der Waals surface area contributed by atoms with Crippen molar-refractivity contribution in [3.8, 4) is 0 Å². The van der Waals surface area contributed by atoms with Crippen molar-refractivity contribution in [2.24, 2.45) is 5.92 Å². The average Bonchev–Trinajstić information content (AvgIpc) is 3.01. The van der Waals surface area contributed by atoms with E-state index >= 15 is 0 Å². The van der Waals surface area contributed by atoms with Crippen molar-refractivity contribution in [3.63, 3.8) is 0 Å². The summed E-state index contributed by atoms with van der Waals surface area (Å²) in [6, 6.07) is 8.34. The fourth-order valence-corrected chi connectivity index (χ4v) is 4.23. The summed E-state index contributed by atoms with van der Waals surface area (Å²) in [7, 11) is 0. The van der Waals surface area contributed by atoms with Crippen LogP contribution in [0.25, 0.3) is 0 Å². The molecule has 0 saturated carbocycles. The maximum absolute atomic E-state index is 12.0. The highest BCUT2D eigenvalue weighted by Crippen LogP contribution is 2.23. The zero-order chi connectivity index (χ0) is 19.2. The second kappa shape index (κ2) is 9.43. The van der Waals surface area contributed by atoms with Gasteiger partial charge in [0.2, 0.25) is 5.13 Å². The van der Waals surface area contributed by atoms with Gasteiger partial charge < -0.3 is 10.1 Å². The molecule has 0 bridgehead atoms. The van der Waals surface area contributed by atoms with Crippen LogP contribution in [-0.2, 0) is 22.6 Å². The van der Waals surface area contributed by atoms with Gasteiger partial charge in [-0.05, 0) is 62.6 Å². The Morgan fingerprint density at radius 3 is 2.85 bits per heavy atom. The number of esters is 1. The fraction of sp³-hybridized carbons (Fsp3) is 0.526. The molecule has 146 valence electrons. The largest absolute Gasteiger partial charge is 0.466 e. The summed E-state index contributed by atoms with van der Waals surface area (Å²) in [6.45, 7) is 6.65. The van der Waals surface area contributed by atoms with Gasteiger partial charge in [-0.1, -0.05) is 30.4 Å².